The third-order valence-electron chi connectivity index (χ3n) is 8.29. The number of benzene rings is 2. The summed E-state index contributed by atoms with van der Waals surface area (Å²) in [5.41, 5.74) is 1.20. The minimum Gasteiger partial charge on any atom is -0.504 e. The number of hydrogen-bond donors (Lipinski definition) is 2. The number of esters is 4. The number of methoxy groups -OCH3 is 2. The number of rotatable bonds is 20. The molecule has 0 bridgehead atoms. The topological polar surface area (TPSA) is 376 Å². The molecule has 1 aliphatic rings. The normalized spacial score (nSPS) is 17.9. The van der Waals surface area contributed by atoms with Gasteiger partial charge in [-0.2, -0.15) is 0 Å². The molecule has 0 saturated carbocycles. The zero-order chi connectivity index (χ0) is 46.1. The summed E-state index contributed by atoms with van der Waals surface area (Å²) in [4.78, 5) is 99.9. The van der Waals surface area contributed by atoms with E-state index in [4.69, 9.17) is 37.6 Å². The highest BCUT2D eigenvalue weighted by atomic mass is 16.7. The monoisotopic (exact) mass is 882 g/mol. The van der Waals surface area contributed by atoms with E-state index in [0.29, 0.717) is 16.7 Å². The molecule has 336 valence electrons. The molecule has 0 radical (unpaired) electrons. The molecule has 0 aliphatic carbocycles. The summed E-state index contributed by atoms with van der Waals surface area (Å²) >= 11 is 0. The van der Waals surface area contributed by atoms with E-state index in [0.717, 1.165) is 5.56 Å². The molecule has 1 saturated heterocycles. The number of aromatic hydroxyl groups is 1. The van der Waals surface area contributed by atoms with E-state index >= 15 is 0 Å². The number of nitrogens with zero attached hydrogens (tertiary/aromatic N) is 4. The number of phenolic OH excluding ortho intramolecular Hbond substituents is 1. The van der Waals surface area contributed by atoms with Crippen LogP contribution in [0, 0.1) is 40.5 Å². The fourth-order valence-corrected chi connectivity index (χ4v) is 5.37. The molecule has 2 aromatic carbocycles. The maximum Gasteiger partial charge on any atom is 0.313 e. The number of ether oxygens (including phenoxy) is 7. The molecule has 62 heavy (non-hydrogen) atoms. The quantitative estimate of drug-likeness (QED) is 0.0686. The number of aliphatic hydroxyl groups is 1. The average Bonchev–Trinajstić information content (AvgIpc) is 3.22. The van der Waals surface area contributed by atoms with E-state index in [-0.39, 0.29) is 22.5 Å². The van der Waals surface area contributed by atoms with E-state index < -0.39 is 133 Å². The lowest BCUT2D eigenvalue weighted by atomic mass is 9.98. The molecule has 27 heteroatoms. The van der Waals surface area contributed by atoms with Crippen molar-refractivity contribution in [2.45, 2.75) is 56.4 Å². The highest BCUT2D eigenvalue weighted by Gasteiger charge is 2.52. The van der Waals surface area contributed by atoms with Gasteiger partial charge in [-0.15, -0.1) is 0 Å². The van der Waals surface area contributed by atoms with Crippen molar-refractivity contribution in [3.05, 3.63) is 93.3 Å². The summed E-state index contributed by atoms with van der Waals surface area (Å²) < 4.78 is 40.8. The lowest BCUT2D eigenvalue weighted by molar-refractivity contribution is -0.479. The summed E-state index contributed by atoms with van der Waals surface area (Å²) in [5.74, 6) is -4.28. The van der Waals surface area contributed by atoms with Crippen LogP contribution < -0.4 is 14.9 Å². The first-order valence-electron chi connectivity index (χ1n) is 17.9. The van der Waals surface area contributed by atoms with E-state index in [1.807, 2.05) is 0 Å². The minimum absolute atomic E-state index is 0.0738. The lowest BCUT2D eigenvalue weighted by Crippen LogP contribution is -2.62. The Labute approximate surface area is 346 Å². The Bertz CT molecular complexity index is 2180. The van der Waals surface area contributed by atoms with Gasteiger partial charge in [0.25, 0.3) is 0 Å². The Morgan fingerprint density at radius 3 is 1.65 bits per heavy atom. The summed E-state index contributed by atoms with van der Waals surface area (Å²) in [6.07, 6.45) is -11.8. The number of fused-ring (bicyclic) bond motifs is 1. The van der Waals surface area contributed by atoms with Crippen LogP contribution in [0.15, 0.2) is 51.9 Å². The first kappa shape index (κ1) is 48.8. The zero-order valence-electron chi connectivity index (χ0n) is 32.5. The smallest absolute Gasteiger partial charge is 0.313 e. The van der Waals surface area contributed by atoms with Crippen LogP contribution in [-0.2, 0) is 42.9 Å². The van der Waals surface area contributed by atoms with E-state index in [9.17, 15) is 74.6 Å². The summed E-state index contributed by atoms with van der Waals surface area (Å²) in [6.45, 7) is -4.46. The molecule has 0 amide bonds. The predicted molar refractivity (Wildman–Crippen MR) is 200 cm³/mol. The van der Waals surface area contributed by atoms with Gasteiger partial charge in [0.05, 0.1) is 25.2 Å². The molecule has 1 aliphatic heterocycles. The highest BCUT2D eigenvalue weighted by Crippen LogP contribution is 2.34. The van der Waals surface area contributed by atoms with Crippen LogP contribution in [0.25, 0.3) is 22.1 Å². The van der Waals surface area contributed by atoms with E-state index in [1.54, 1.807) is 31.4 Å². The van der Waals surface area contributed by atoms with Crippen LogP contribution >= 0.6 is 0 Å². The second-order valence-electron chi connectivity index (χ2n) is 12.5. The molecule has 27 nitrogen and oxygen atoms in total. The highest BCUT2D eigenvalue weighted by molar-refractivity contribution is 5.88. The van der Waals surface area contributed by atoms with Gasteiger partial charge in [-0.25, -0.2) is 0 Å². The molecule has 1 fully saturated rings. The third kappa shape index (κ3) is 14.6. The first-order chi connectivity index (χ1) is 29.3. The van der Waals surface area contributed by atoms with Crippen LogP contribution in [0.3, 0.4) is 0 Å². The first-order valence-corrected chi connectivity index (χ1v) is 17.9. The summed E-state index contributed by atoms with van der Waals surface area (Å²) in [7, 11) is 2.99. The molecule has 5 unspecified atom stereocenters. The van der Waals surface area contributed by atoms with Crippen molar-refractivity contribution >= 4 is 34.8 Å². The van der Waals surface area contributed by atoms with Crippen LogP contribution in [0.1, 0.15) is 25.7 Å². The Balaban J connectivity index is 0.000000387. The fourth-order valence-electron chi connectivity index (χ4n) is 5.37. The van der Waals surface area contributed by atoms with Crippen molar-refractivity contribution in [1.29, 1.82) is 0 Å². The molecular weight excluding hydrogens is 844 g/mol. The molecular formula is C35H38N4O23. The van der Waals surface area contributed by atoms with Crippen molar-refractivity contribution in [3.63, 3.8) is 0 Å². The van der Waals surface area contributed by atoms with Crippen LogP contribution in [0.4, 0.5) is 0 Å². The van der Waals surface area contributed by atoms with Gasteiger partial charge in [-0.3, -0.25) is 64.4 Å². The maximum absolute atomic E-state index is 12.6. The van der Waals surface area contributed by atoms with Gasteiger partial charge in [-0.1, -0.05) is 12.1 Å². The number of phenols is 1. The Morgan fingerprint density at radius 2 is 1.16 bits per heavy atom. The van der Waals surface area contributed by atoms with Gasteiger partial charge in [-0.05, 0) is 29.8 Å². The Hall–Kier alpha value is -7.55. The van der Waals surface area contributed by atoms with Gasteiger partial charge >= 0.3 is 23.9 Å². The number of aliphatic hydroxyl groups excluding tert-OH is 1. The maximum atomic E-state index is 12.6. The summed E-state index contributed by atoms with van der Waals surface area (Å²) in [5, 5.41) is 62.8. The van der Waals surface area contributed by atoms with Crippen molar-refractivity contribution < 1.29 is 86.7 Å². The van der Waals surface area contributed by atoms with Crippen molar-refractivity contribution in [2.75, 3.05) is 47.0 Å². The number of carbonyl (C=O) groups excluding carboxylic acids is 4. The molecule has 0 spiro atoms. The van der Waals surface area contributed by atoms with Crippen LogP contribution in [0.2, 0.25) is 0 Å². The van der Waals surface area contributed by atoms with Gasteiger partial charge in [0.2, 0.25) is 37.4 Å². The molecule has 5 atom stereocenters. The minimum atomic E-state index is -2.22. The lowest BCUT2D eigenvalue weighted by Gasteiger charge is -2.42. The summed E-state index contributed by atoms with van der Waals surface area (Å²) in [6, 6.07) is 10.1. The Morgan fingerprint density at radius 1 is 0.677 bits per heavy atom. The van der Waals surface area contributed by atoms with Gasteiger partial charge in [0, 0.05) is 19.7 Å². The van der Waals surface area contributed by atoms with E-state index in [1.165, 1.54) is 25.5 Å². The van der Waals surface area contributed by atoms with Crippen LogP contribution in [0.5, 0.6) is 17.2 Å². The molecule has 2 heterocycles. The van der Waals surface area contributed by atoms with Crippen LogP contribution in [-0.4, -0.2) is 131 Å². The number of carbonyl (C=O) groups is 4. The molecule has 3 aromatic rings. The van der Waals surface area contributed by atoms with Gasteiger partial charge in [0.1, 0.15) is 50.4 Å². The largest absolute Gasteiger partial charge is 0.504 e. The second-order valence-corrected chi connectivity index (χ2v) is 12.5. The van der Waals surface area contributed by atoms with Gasteiger partial charge < -0.3 is 47.8 Å². The van der Waals surface area contributed by atoms with Gasteiger partial charge in [0.15, 0.2) is 35.9 Å². The number of hydrogen-bond acceptors (Lipinski definition) is 23. The average molecular weight is 883 g/mol. The van der Waals surface area contributed by atoms with Crippen molar-refractivity contribution in [3.8, 4) is 28.4 Å². The fraction of sp³-hybridized carbons (Fsp3) is 0.457. The van der Waals surface area contributed by atoms with Crippen molar-refractivity contribution in [2.24, 2.45) is 0 Å². The predicted octanol–water partition coefficient (Wildman–Crippen LogP) is 0.832. The molecule has 1 aromatic heterocycles. The standard InChI is InChI=1S/C18H24N4O18.C17H14O5/c23-11(1-5-19(28)29)36-9-10-15(38-12(24)2-6-20(30)31)16(39-13(25)3-7-21(32)33)17(18(27)37-10)40-14(26)4-8-22(34)35;1-20-11-5-3-10(4-6-11)13-9-22-16-12(15(13)19)7-8-14(18)17(16)21-2/h10,15-18,27H,1-9H2;3-9,18H,1-2H3. The molecule has 4 rings (SSSR count). The Kier molecular flexibility index (Phi) is 18.3. The number of nitro groups is 4. The SMILES string of the molecule is COc1ccc(-c2coc3c(OC)c(O)ccc3c2=O)cc1.O=C(CC[N+](=O)[O-])OCC1OC(O)C(OC(=O)CC[N+](=O)[O-])C(OC(=O)CC[N+](=O)[O-])C1OC(=O)CC[N+](=O)[O-]. The third-order valence-corrected chi connectivity index (χ3v) is 8.29. The van der Waals surface area contributed by atoms with E-state index in [2.05, 4.69) is 0 Å². The second kappa shape index (κ2) is 23.3. The van der Waals surface area contributed by atoms with Crippen molar-refractivity contribution in [1.82, 2.24) is 0 Å². The molecule has 2 N–H and O–H groups in total. The zero-order valence-corrected chi connectivity index (χ0v) is 32.5.